The lowest BCUT2D eigenvalue weighted by Gasteiger charge is -2.31. The van der Waals surface area contributed by atoms with Gasteiger partial charge in [-0.1, -0.05) is 6.58 Å². The fourth-order valence-electron chi connectivity index (χ4n) is 2.27. The van der Waals surface area contributed by atoms with E-state index < -0.39 is 29.5 Å². The second-order valence-corrected chi connectivity index (χ2v) is 6.94. The van der Waals surface area contributed by atoms with E-state index in [4.69, 9.17) is 15.2 Å². The summed E-state index contributed by atoms with van der Waals surface area (Å²) in [5.74, 6) is -1.36. The molecule has 0 unspecified atom stereocenters. The average Bonchev–Trinajstić information content (AvgIpc) is 2.60. The summed E-state index contributed by atoms with van der Waals surface area (Å²) in [4.78, 5) is 25.0. The SMILES string of the molecule is C=C(S)N(C[C@H](OCCN)c1cc(F)ccc1OC)C(=O)NC(C)(C)C(=O)O. The molecular weight excluding hydrogens is 389 g/mol. The molecule has 0 heterocycles. The number of hydrogen-bond acceptors (Lipinski definition) is 6. The van der Waals surface area contributed by atoms with Crippen molar-refractivity contribution >= 4 is 24.6 Å². The van der Waals surface area contributed by atoms with Gasteiger partial charge in [0.1, 0.15) is 23.2 Å². The van der Waals surface area contributed by atoms with Gasteiger partial charge in [0.25, 0.3) is 0 Å². The molecule has 0 aliphatic carbocycles. The highest BCUT2D eigenvalue weighted by molar-refractivity contribution is 7.84. The zero-order chi connectivity index (χ0) is 21.5. The molecule has 0 bridgehead atoms. The van der Waals surface area contributed by atoms with E-state index in [0.29, 0.717) is 11.3 Å². The highest BCUT2D eigenvalue weighted by Crippen LogP contribution is 2.30. The molecular formula is C18H26FN3O5S. The summed E-state index contributed by atoms with van der Waals surface area (Å²) in [6, 6.07) is 3.17. The van der Waals surface area contributed by atoms with Gasteiger partial charge in [0.05, 0.1) is 25.3 Å². The monoisotopic (exact) mass is 415 g/mol. The number of halogens is 1. The summed E-state index contributed by atoms with van der Waals surface area (Å²) in [7, 11) is 1.42. The number of hydrogen-bond donors (Lipinski definition) is 4. The van der Waals surface area contributed by atoms with Crippen molar-refractivity contribution in [2.45, 2.75) is 25.5 Å². The molecule has 0 saturated carbocycles. The molecule has 2 amide bonds. The van der Waals surface area contributed by atoms with Crippen LogP contribution >= 0.6 is 12.6 Å². The van der Waals surface area contributed by atoms with Crippen LogP contribution in [0.3, 0.4) is 0 Å². The number of rotatable bonds is 10. The third-order valence-electron chi connectivity index (χ3n) is 3.83. The van der Waals surface area contributed by atoms with Gasteiger partial charge in [0.2, 0.25) is 0 Å². The molecule has 4 N–H and O–H groups in total. The maximum atomic E-state index is 13.8. The number of carboxylic acids is 1. The second kappa shape index (κ2) is 10.3. The Balaban J connectivity index is 3.20. The molecule has 0 fully saturated rings. The number of nitrogens with two attached hydrogens (primary N) is 1. The highest BCUT2D eigenvalue weighted by Gasteiger charge is 2.33. The van der Waals surface area contributed by atoms with Crippen LogP contribution in [-0.4, -0.2) is 54.4 Å². The lowest BCUT2D eigenvalue weighted by Crippen LogP contribution is -2.54. The van der Waals surface area contributed by atoms with Gasteiger partial charge < -0.3 is 25.6 Å². The third kappa shape index (κ3) is 6.39. The first-order valence-corrected chi connectivity index (χ1v) is 8.84. The summed E-state index contributed by atoms with van der Waals surface area (Å²) in [6.45, 7) is 6.53. The zero-order valence-electron chi connectivity index (χ0n) is 16.1. The molecule has 0 radical (unpaired) electrons. The Bertz CT molecular complexity index is 729. The minimum Gasteiger partial charge on any atom is -0.496 e. The van der Waals surface area contributed by atoms with Crippen molar-refractivity contribution in [3.8, 4) is 5.75 Å². The van der Waals surface area contributed by atoms with Crippen LogP contribution in [0, 0.1) is 5.82 Å². The van der Waals surface area contributed by atoms with Gasteiger partial charge in [-0.3, -0.25) is 4.90 Å². The Labute approximate surface area is 168 Å². The minimum absolute atomic E-state index is 0.0513. The Morgan fingerprint density at radius 2 is 2.11 bits per heavy atom. The number of carbonyl (C=O) groups excluding carboxylic acids is 1. The van der Waals surface area contributed by atoms with Crippen LogP contribution in [0.1, 0.15) is 25.5 Å². The van der Waals surface area contributed by atoms with Crippen molar-refractivity contribution < 1.29 is 28.6 Å². The number of nitrogens with zero attached hydrogens (tertiary/aromatic N) is 1. The van der Waals surface area contributed by atoms with Crippen LogP contribution in [-0.2, 0) is 9.53 Å². The fourth-order valence-corrected chi connectivity index (χ4v) is 2.44. The predicted octanol–water partition coefficient (Wildman–Crippen LogP) is 2.13. The first kappa shape index (κ1) is 23.7. The van der Waals surface area contributed by atoms with E-state index in [2.05, 4.69) is 24.5 Å². The van der Waals surface area contributed by atoms with Crippen LogP contribution in [0.25, 0.3) is 0 Å². The average molecular weight is 415 g/mol. The van der Waals surface area contributed by atoms with Gasteiger partial charge in [-0.15, -0.1) is 12.6 Å². The lowest BCUT2D eigenvalue weighted by molar-refractivity contribution is -0.143. The summed E-state index contributed by atoms with van der Waals surface area (Å²) in [5.41, 5.74) is 4.34. The number of amides is 2. The highest BCUT2D eigenvalue weighted by atomic mass is 32.1. The number of carboxylic acid groups (broad SMARTS) is 1. The number of ether oxygens (including phenoxy) is 2. The third-order valence-corrected chi connectivity index (χ3v) is 4.08. The molecule has 10 heteroatoms. The van der Waals surface area contributed by atoms with E-state index in [9.17, 15) is 19.1 Å². The molecule has 0 saturated heterocycles. The number of thiol groups is 1. The molecule has 1 atom stereocenters. The molecule has 1 aromatic carbocycles. The molecule has 28 heavy (non-hydrogen) atoms. The molecule has 0 aliphatic heterocycles. The van der Waals surface area contributed by atoms with E-state index in [-0.39, 0.29) is 24.7 Å². The van der Waals surface area contributed by atoms with Gasteiger partial charge in [-0.05, 0) is 32.0 Å². The van der Waals surface area contributed by atoms with E-state index >= 15 is 0 Å². The number of urea groups is 1. The van der Waals surface area contributed by atoms with Crippen molar-refractivity contribution in [3.05, 3.63) is 41.2 Å². The standard InChI is InChI=1S/C18H26FN3O5S/c1-11(28)22(17(25)21-18(2,3)16(23)24)10-15(27-8-7-20)13-9-12(19)5-6-14(13)26-4/h5-6,9,15,28H,1,7-8,10,20H2,2-4H3,(H,21,25)(H,23,24)/t15-/m0/s1. The van der Waals surface area contributed by atoms with Gasteiger partial charge in [0, 0.05) is 12.1 Å². The van der Waals surface area contributed by atoms with Gasteiger partial charge in [0.15, 0.2) is 0 Å². The molecule has 0 aromatic heterocycles. The zero-order valence-corrected chi connectivity index (χ0v) is 17.0. The number of carbonyl (C=O) groups is 2. The summed E-state index contributed by atoms with van der Waals surface area (Å²) < 4.78 is 24.8. The van der Waals surface area contributed by atoms with Gasteiger partial charge in [-0.2, -0.15) is 0 Å². The number of benzene rings is 1. The Morgan fingerprint density at radius 1 is 1.46 bits per heavy atom. The molecule has 1 rings (SSSR count). The van der Waals surface area contributed by atoms with E-state index in [1.165, 1.54) is 39.2 Å². The van der Waals surface area contributed by atoms with E-state index in [1.807, 2.05) is 0 Å². The topological polar surface area (TPSA) is 114 Å². The maximum Gasteiger partial charge on any atom is 0.328 e. The minimum atomic E-state index is -1.53. The van der Waals surface area contributed by atoms with Crippen molar-refractivity contribution in [1.29, 1.82) is 0 Å². The quantitative estimate of drug-likeness (QED) is 0.435. The molecule has 0 aliphatic rings. The van der Waals surface area contributed by atoms with Crippen LogP contribution in [0.4, 0.5) is 9.18 Å². The Morgan fingerprint density at radius 3 is 2.61 bits per heavy atom. The van der Waals surface area contributed by atoms with Crippen LogP contribution in [0.5, 0.6) is 5.75 Å². The normalized spacial score (nSPS) is 12.2. The first-order chi connectivity index (χ1) is 13.0. The Hall–Kier alpha value is -2.30. The van der Waals surface area contributed by atoms with Crippen LogP contribution in [0.2, 0.25) is 0 Å². The van der Waals surface area contributed by atoms with E-state index in [0.717, 1.165) is 4.90 Å². The largest absolute Gasteiger partial charge is 0.496 e. The van der Waals surface area contributed by atoms with Gasteiger partial charge >= 0.3 is 12.0 Å². The van der Waals surface area contributed by atoms with Crippen molar-refractivity contribution in [2.75, 3.05) is 26.8 Å². The van der Waals surface area contributed by atoms with Crippen molar-refractivity contribution in [3.63, 3.8) is 0 Å². The molecule has 8 nitrogen and oxygen atoms in total. The summed E-state index contributed by atoms with van der Waals surface area (Å²) >= 11 is 4.12. The maximum absolute atomic E-state index is 13.8. The Kier molecular flexibility index (Phi) is 8.73. The number of methoxy groups -OCH3 is 1. The lowest BCUT2D eigenvalue weighted by atomic mass is 10.1. The first-order valence-electron chi connectivity index (χ1n) is 8.39. The molecule has 1 aromatic rings. The van der Waals surface area contributed by atoms with Crippen molar-refractivity contribution in [1.82, 2.24) is 10.2 Å². The number of nitrogens with one attached hydrogen (secondary N) is 1. The smallest absolute Gasteiger partial charge is 0.328 e. The van der Waals surface area contributed by atoms with E-state index in [1.54, 1.807) is 0 Å². The fraction of sp³-hybridized carbons (Fsp3) is 0.444. The van der Waals surface area contributed by atoms with Crippen LogP contribution in [0.15, 0.2) is 29.8 Å². The van der Waals surface area contributed by atoms with Gasteiger partial charge in [-0.25, -0.2) is 14.0 Å². The predicted molar refractivity (Wildman–Crippen MR) is 106 cm³/mol. The second-order valence-electron chi connectivity index (χ2n) is 6.42. The number of aliphatic carboxylic acids is 1. The summed E-state index contributed by atoms with van der Waals surface area (Å²) in [5, 5.41) is 11.6. The van der Waals surface area contributed by atoms with Crippen molar-refractivity contribution in [2.24, 2.45) is 5.73 Å². The summed E-state index contributed by atoms with van der Waals surface area (Å²) in [6.07, 6.45) is -0.822. The molecule has 0 spiro atoms. The molecule has 156 valence electrons. The van der Waals surface area contributed by atoms with Crippen LogP contribution < -0.4 is 15.8 Å².